The molecule has 2 heteroatoms. The Kier molecular flexibility index (Phi) is 6.88. The molecular formula is C55H35NO. The molecule has 1 aliphatic rings. The van der Waals surface area contributed by atoms with E-state index in [0.717, 1.165) is 39.0 Å². The Labute approximate surface area is 330 Å². The predicted molar refractivity (Wildman–Crippen MR) is 238 cm³/mol. The second-order valence-electron chi connectivity index (χ2n) is 15.2. The number of nitrogens with zero attached hydrogens (tertiary/aromatic N) is 1. The van der Waals surface area contributed by atoms with Crippen LogP contribution in [0.2, 0.25) is 0 Å². The van der Waals surface area contributed by atoms with Gasteiger partial charge in [0.2, 0.25) is 0 Å². The van der Waals surface area contributed by atoms with E-state index < -0.39 is 5.41 Å². The van der Waals surface area contributed by atoms with Crippen LogP contribution in [-0.2, 0) is 5.41 Å². The summed E-state index contributed by atoms with van der Waals surface area (Å²) in [4.78, 5) is 2.35. The molecule has 10 aromatic carbocycles. The normalized spacial score (nSPS) is 13.1. The Balaban J connectivity index is 1.04. The smallest absolute Gasteiger partial charge is 0.137 e. The van der Waals surface area contributed by atoms with Crippen molar-refractivity contribution < 1.29 is 4.42 Å². The molecule has 0 saturated heterocycles. The van der Waals surface area contributed by atoms with Gasteiger partial charge in [0.05, 0.1) is 5.41 Å². The molecule has 0 amide bonds. The van der Waals surface area contributed by atoms with Crippen molar-refractivity contribution in [3.63, 3.8) is 0 Å². The summed E-state index contributed by atoms with van der Waals surface area (Å²) in [5.74, 6) is 0. The van der Waals surface area contributed by atoms with E-state index >= 15 is 0 Å². The van der Waals surface area contributed by atoms with E-state index in [0.29, 0.717) is 0 Å². The molecule has 1 aromatic heterocycles. The first-order valence-electron chi connectivity index (χ1n) is 19.7. The van der Waals surface area contributed by atoms with Crippen molar-refractivity contribution in [1.82, 2.24) is 0 Å². The van der Waals surface area contributed by atoms with Crippen LogP contribution in [0.5, 0.6) is 0 Å². The highest BCUT2D eigenvalue weighted by Crippen LogP contribution is 2.56. The van der Waals surface area contributed by atoms with Crippen molar-refractivity contribution in [2.45, 2.75) is 5.41 Å². The van der Waals surface area contributed by atoms with Crippen LogP contribution in [-0.4, -0.2) is 0 Å². The molecule has 0 atom stereocenters. The topological polar surface area (TPSA) is 16.4 Å². The summed E-state index contributed by atoms with van der Waals surface area (Å²) < 4.78 is 6.44. The lowest BCUT2D eigenvalue weighted by molar-refractivity contribution is 0.669. The van der Waals surface area contributed by atoms with E-state index in [1.165, 1.54) is 65.7 Å². The van der Waals surface area contributed by atoms with Crippen molar-refractivity contribution in [3.8, 4) is 11.1 Å². The number of hydrogen-bond donors (Lipinski definition) is 0. The summed E-state index contributed by atoms with van der Waals surface area (Å²) >= 11 is 0. The van der Waals surface area contributed by atoms with E-state index in [4.69, 9.17) is 4.42 Å². The molecule has 11 aromatic rings. The zero-order chi connectivity index (χ0) is 37.5. The summed E-state index contributed by atoms with van der Waals surface area (Å²) in [7, 11) is 0. The largest absolute Gasteiger partial charge is 0.456 e. The first-order valence-corrected chi connectivity index (χ1v) is 19.7. The number of hydrogen-bond acceptors (Lipinski definition) is 2. The van der Waals surface area contributed by atoms with Gasteiger partial charge in [-0.05, 0) is 108 Å². The number of anilines is 3. The van der Waals surface area contributed by atoms with Gasteiger partial charge in [0, 0.05) is 33.9 Å². The zero-order valence-electron chi connectivity index (χ0n) is 31.1. The van der Waals surface area contributed by atoms with Crippen LogP contribution in [0.3, 0.4) is 0 Å². The second-order valence-corrected chi connectivity index (χ2v) is 15.2. The molecular weight excluding hydrogens is 691 g/mol. The lowest BCUT2D eigenvalue weighted by Crippen LogP contribution is -2.28. The van der Waals surface area contributed by atoms with Gasteiger partial charge in [-0.3, -0.25) is 0 Å². The maximum atomic E-state index is 6.44. The van der Waals surface area contributed by atoms with Crippen LogP contribution in [0.15, 0.2) is 217 Å². The Morgan fingerprint density at radius 2 is 0.895 bits per heavy atom. The third-order valence-electron chi connectivity index (χ3n) is 12.3. The molecule has 0 fully saturated rings. The lowest BCUT2D eigenvalue weighted by atomic mass is 9.67. The number of furan rings is 1. The molecule has 0 radical (unpaired) electrons. The van der Waals surface area contributed by atoms with Gasteiger partial charge in [0.25, 0.3) is 0 Å². The van der Waals surface area contributed by atoms with Gasteiger partial charge in [-0.1, -0.05) is 164 Å². The van der Waals surface area contributed by atoms with Gasteiger partial charge >= 0.3 is 0 Å². The van der Waals surface area contributed by atoms with Gasteiger partial charge in [-0.15, -0.1) is 0 Å². The second kappa shape index (κ2) is 12.3. The third kappa shape index (κ3) is 4.65. The standard InChI is InChI=1S/C55H35NO/c1-2-15-40(16-3-1)55(49-20-9-13-38-23-24-39-14-10-21-50(55)54(39)53(38)49)41-27-31-43(32-28-41)56(44-33-34-48-47-18-6-7-22-51(47)57-52(48)35-44)42-29-25-37(26-30-42)46-19-8-12-36-11-4-5-17-45(36)46/h1-35H. The fourth-order valence-electron chi connectivity index (χ4n) is 9.83. The van der Waals surface area contributed by atoms with E-state index in [-0.39, 0.29) is 0 Å². The Morgan fingerprint density at radius 1 is 0.351 bits per heavy atom. The Hall–Kier alpha value is -7.42. The van der Waals surface area contributed by atoms with Crippen molar-refractivity contribution in [3.05, 3.63) is 235 Å². The Morgan fingerprint density at radius 3 is 1.63 bits per heavy atom. The minimum absolute atomic E-state index is 0.472. The average Bonchev–Trinajstić information content (AvgIpc) is 3.81. The Bertz CT molecular complexity index is 3270. The van der Waals surface area contributed by atoms with Crippen molar-refractivity contribution in [2.75, 3.05) is 4.90 Å². The molecule has 0 unspecified atom stereocenters. The maximum Gasteiger partial charge on any atom is 0.137 e. The number of fused-ring (bicyclic) bond motifs is 4. The van der Waals surface area contributed by atoms with Crippen LogP contribution in [0, 0.1) is 0 Å². The fourth-order valence-corrected chi connectivity index (χ4v) is 9.83. The summed E-state index contributed by atoms with van der Waals surface area (Å²) in [6, 6.07) is 77.6. The van der Waals surface area contributed by atoms with Crippen molar-refractivity contribution >= 4 is 71.3 Å². The van der Waals surface area contributed by atoms with Gasteiger partial charge in [0.1, 0.15) is 11.2 Å². The summed E-state index contributed by atoms with van der Waals surface area (Å²) in [6.07, 6.45) is 0. The quantitative estimate of drug-likeness (QED) is 0.159. The predicted octanol–water partition coefficient (Wildman–Crippen LogP) is 14.9. The minimum Gasteiger partial charge on any atom is -0.456 e. The first-order chi connectivity index (χ1) is 28.3. The summed E-state index contributed by atoms with van der Waals surface area (Å²) in [6.45, 7) is 0. The van der Waals surface area contributed by atoms with E-state index in [2.05, 4.69) is 205 Å². The molecule has 0 spiro atoms. The average molecular weight is 726 g/mol. The number of para-hydroxylation sites is 1. The van der Waals surface area contributed by atoms with Crippen LogP contribution < -0.4 is 4.90 Å². The number of benzene rings is 10. The van der Waals surface area contributed by atoms with E-state index in [1.807, 2.05) is 12.1 Å². The molecule has 0 saturated carbocycles. The molecule has 0 N–H and O–H groups in total. The van der Waals surface area contributed by atoms with Crippen LogP contribution in [0.1, 0.15) is 22.3 Å². The molecule has 1 aliphatic carbocycles. The fraction of sp³-hybridized carbons (Fsp3) is 0.0182. The van der Waals surface area contributed by atoms with Gasteiger partial charge in [0.15, 0.2) is 0 Å². The third-order valence-corrected chi connectivity index (χ3v) is 12.3. The molecule has 0 aliphatic heterocycles. The molecule has 0 bridgehead atoms. The zero-order valence-corrected chi connectivity index (χ0v) is 31.1. The molecule has 266 valence electrons. The monoisotopic (exact) mass is 725 g/mol. The summed E-state index contributed by atoms with van der Waals surface area (Å²) in [5.41, 5.74) is 12.1. The van der Waals surface area contributed by atoms with Crippen molar-refractivity contribution in [2.24, 2.45) is 0 Å². The highest BCUT2D eigenvalue weighted by Gasteiger charge is 2.44. The van der Waals surface area contributed by atoms with Gasteiger partial charge in [-0.25, -0.2) is 0 Å². The highest BCUT2D eigenvalue weighted by molar-refractivity contribution is 6.16. The van der Waals surface area contributed by atoms with E-state index in [1.54, 1.807) is 0 Å². The maximum absolute atomic E-state index is 6.44. The highest BCUT2D eigenvalue weighted by atomic mass is 16.3. The molecule has 2 nitrogen and oxygen atoms in total. The van der Waals surface area contributed by atoms with E-state index in [9.17, 15) is 0 Å². The van der Waals surface area contributed by atoms with Gasteiger partial charge in [-0.2, -0.15) is 0 Å². The van der Waals surface area contributed by atoms with Gasteiger partial charge < -0.3 is 9.32 Å². The van der Waals surface area contributed by atoms with Crippen LogP contribution >= 0.6 is 0 Å². The summed E-state index contributed by atoms with van der Waals surface area (Å²) in [5, 5.41) is 10.0. The minimum atomic E-state index is -0.472. The number of rotatable bonds is 6. The molecule has 12 rings (SSSR count). The first kappa shape index (κ1) is 31.9. The molecule has 1 heterocycles. The molecule has 57 heavy (non-hydrogen) atoms. The SMILES string of the molecule is c1ccc(C2(c3ccc(N(c4ccc(-c5cccc6ccccc56)cc4)c4ccc5c(c4)oc4ccccc45)cc3)c3cccc4ccc5cccc2c5c34)cc1. The van der Waals surface area contributed by atoms with Crippen molar-refractivity contribution in [1.29, 1.82) is 0 Å². The van der Waals surface area contributed by atoms with Crippen LogP contribution in [0.4, 0.5) is 17.1 Å². The lowest BCUT2D eigenvalue weighted by Gasteiger charge is -2.35. The van der Waals surface area contributed by atoms with Crippen LogP contribution in [0.25, 0.3) is 65.4 Å².